The van der Waals surface area contributed by atoms with E-state index >= 15 is 0 Å². The molecule has 212 valence electrons. The van der Waals surface area contributed by atoms with Crippen LogP contribution < -0.4 is 10.2 Å². The average molecular weight is 586 g/mol. The lowest BCUT2D eigenvalue weighted by molar-refractivity contribution is -0.147. The number of carbonyl (C=O) groups excluding carboxylic acids is 2. The highest BCUT2D eigenvalue weighted by Crippen LogP contribution is 2.25. The van der Waals surface area contributed by atoms with Crippen molar-refractivity contribution in [2.45, 2.75) is 45.4 Å². The number of nitrogens with zero attached hydrogens (tertiary/aromatic N) is 2. The summed E-state index contributed by atoms with van der Waals surface area (Å²) in [5.74, 6) is 0.379. The summed E-state index contributed by atoms with van der Waals surface area (Å²) in [7, 11) is 0. The van der Waals surface area contributed by atoms with E-state index in [0.717, 1.165) is 33.1 Å². The molecule has 0 spiro atoms. The first-order valence-electron chi connectivity index (χ1n) is 13.1. The number of para-hydroxylation sites is 1. The predicted molar refractivity (Wildman–Crippen MR) is 160 cm³/mol. The van der Waals surface area contributed by atoms with Crippen molar-refractivity contribution in [3.8, 4) is 0 Å². The number of carbonyl (C=O) groups is 2. The van der Waals surface area contributed by atoms with Crippen molar-refractivity contribution in [2.24, 2.45) is 0 Å². The Balaban J connectivity index is 1.48. The number of rotatable bonds is 11. The van der Waals surface area contributed by atoms with E-state index in [2.05, 4.69) is 20.2 Å². The first-order chi connectivity index (χ1) is 19.2. The van der Waals surface area contributed by atoms with Crippen molar-refractivity contribution < 1.29 is 19.1 Å². The van der Waals surface area contributed by atoms with Crippen molar-refractivity contribution >= 4 is 62.8 Å². The topological polar surface area (TPSA) is 96.6 Å². The van der Waals surface area contributed by atoms with Crippen molar-refractivity contribution in [3.63, 3.8) is 0 Å². The lowest BCUT2D eigenvalue weighted by atomic mass is 10.1. The molecule has 2 heterocycles. The predicted octanol–water partition coefficient (Wildman–Crippen LogP) is 6.18. The number of hydrogen-bond donors (Lipinski definition) is 2. The third-order valence-corrected chi connectivity index (χ3v) is 6.57. The number of anilines is 1. The second-order valence-electron chi connectivity index (χ2n) is 10.4. The molecule has 0 bridgehead atoms. The van der Waals surface area contributed by atoms with Gasteiger partial charge >= 0.3 is 12.1 Å². The number of benzene rings is 2. The average Bonchev–Trinajstić information content (AvgIpc) is 3.28. The largest absolute Gasteiger partial charge is 0.458 e. The first-order valence-corrected chi connectivity index (χ1v) is 14.2. The summed E-state index contributed by atoms with van der Waals surface area (Å²) in [6.07, 6.45) is 1.26. The van der Waals surface area contributed by atoms with Crippen LogP contribution in [0.2, 0.25) is 0 Å². The third kappa shape index (κ3) is 7.79. The van der Waals surface area contributed by atoms with Crippen LogP contribution in [0.5, 0.6) is 0 Å². The number of esters is 1. The van der Waals surface area contributed by atoms with E-state index in [0.29, 0.717) is 30.5 Å². The van der Waals surface area contributed by atoms with Gasteiger partial charge in [0.25, 0.3) is 0 Å². The molecule has 0 aliphatic rings. The number of alkyl carbamates (subject to hydrolysis) is 1. The maximum absolute atomic E-state index is 13.2. The molecule has 1 atom stereocenters. The van der Waals surface area contributed by atoms with Gasteiger partial charge in [0.1, 0.15) is 18.2 Å². The Labute approximate surface area is 243 Å². The number of amides is 1. The summed E-state index contributed by atoms with van der Waals surface area (Å²) < 4.78 is 11.0. The number of pyridine rings is 1. The van der Waals surface area contributed by atoms with Crippen LogP contribution in [0.25, 0.3) is 21.8 Å². The fourth-order valence-corrected chi connectivity index (χ4v) is 4.82. The normalized spacial score (nSPS) is 12.3. The maximum atomic E-state index is 13.2. The monoisotopic (exact) mass is 584 g/mol. The zero-order valence-electron chi connectivity index (χ0n) is 22.9. The van der Waals surface area contributed by atoms with E-state index in [1.807, 2.05) is 54.6 Å². The van der Waals surface area contributed by atoms with Gasteiger partial charge in [-0.15, -0.1) is 23.2 Å². The molecule has 2 aromatic heterocycles. The SMILES string of the molecule is CC(C)(C)OC(=O)N[C@@H](Cc1ccc(N(CCCl)CCCl)cc1)C(=O)OCc1cc2c(cn1)[nH]c1ccccc12. The smallest absolute Gasteiger partial charge is 0.408 e. The number of ether oxygens (including phenoxy) is 2. The first kappa shape index (κ1) is 29.5. The number of hydrogen-bond acceptors (Lipinski definition) is 6. The molecule has 0 radical (unpaired) electrons. The molecule has 2 aromatic carbocycles. The van der Waals surface area contributed by atoms with Crippen molar-refractivity contribution in [1.29, 1.82) is 0 Å². The molecule has 1 amide bonds. The highest BCUT2D eigenvalue weighted by Gasteiger charge is 2.26. The van der Waals surface area contributed by atoms with Crippen LogP contribution in [0.3, 0.4) is 0 Å². The Morgan fingerprint density at radius 2 is 1.70 bits per heavy atom. The van der Waals surface area contributed by atoms with E-state index in [9.17, 15) is 9.59 Å². The number of aromatic nitrogens is 2. The van der Waals surface area contributed by atoms with Gasteiger partial charge in [-0.2, -0.15) is 0 Å². The minimum Gasteiger partial charge on any atom is -0.458 e. The molecule has 2 N–H and O–H groups in total. The number of H-pyrrole nitrogens is 1. The molecule has 40 heavy (non-hydrogen) atoms. The zero-order chi connectivity index (χ0) is 28.7. The maximum Gasteiger partial charge on any atom is 0.408 e. The van der Waals surface area contributed by atoms with Gasteiger partial charge in [-0.05, 0) is 50.6 Å². The Morgan fingerprint density at radius 1 is 1.00 bits per heavy atom. The van der Waals surface area contributed by atoms with E-state index in [4.69, 9.17) is 32.7 Å². The lowest BCUT2D eigenvalue weighted by Gasteiger charge is -2.24. The molecular weight excluding hydrogens is 551 g/mol. The fourth-order valence-electron chi connectivity index (χ4n) is 4.41. The van der Waals surface area contributed by atoms with Crippen molar-refractivity contribution in [2.75, 3.05) is 29.7 Å². The highest BCUT2D eigenvalue weighted by atomic mass is 35.5. The number of aromatic amines is 1. The van der Waals surface area contributed by atoms with Crippen LogP contribution in [0.1, 0.15) is 32.0 Å². The summed E-state index contributed by atoms with van der Waals surface area (Å²) in [4.78, 5) is 35.7. The van der Waals surface area contributed by atoms with Gasteiger partial charge in [0.15, 0.2) is 0 Å². The van der Waals surface area contributed by atoms with Gasteiger partial charge in [-0.25, -0.2) is 9.59 Å². The Morgan fingerprint density at radius 3 is 2.38 bits per heavy atom. The zero-order valence-corrected chi connectivity index (χ0v) is 24.4. The van der Waals surface area contributed by atoms with Crippen LogP contribution in [-0.2, 0) is 27.3 Å². The second-order valence-corrected chi connectivity index (χ2v) is 11.2. The van der Waals surface area contributed by atoms with Crippen LogP contribution in [0.4, 0.5) is 10.5 Å². The van der Waals surface area contributed by atoms with Gasteiger partial charge in [-0.1, -0.05) is 30.3 Å². The standard InChI is InChI=1S/C30H34Cl2N4O4/c1-30(2,3)40-29(38)35-26(16-20-8-10-22(11-9-20)36(14-12-31)15-13-32)28(37)39-19-21-17-24-23-6-4-5-7-25(23)34-27(24)18-33-21/h4-11,17-18,26,34H,12-16,19H2,1-3H3,(H,35,38)/t26-/m0/s1. The molecule has 4 rings (SSSR count). The molecule has 10 heteroatoms. The molecule has 4 aromatic rings. The molecule has 0 fully saturated rings. The number of halogens is 2. The Hall–Kier alpha value is -3.49. The molecular formula is C30H34Cl2N4O4. The molecule has 0 saturated carbocycles. The van der Waals surface area contributed by atoms with Crippen LogP contribution in [0, 0.1) is 0 Å². The minimum atomic E-state index is -0.959. The van der Waals surface area contributed by atoms with Crippen LogP contribution >= 0.6 is 23.2 Å². The number of alkyl halides is 2. The van der Waals surface area contributed by atoms with Gasteiger partial charge in [-0.3, -0.25) is 4.98 Å². The van der Waals surface area contributed by atoms with Crippen LogP contribution in [-0.4, -0.2) is 58.5 Å². The second kappa shape index (κ2) is 13.2. The Bertz CT molecular complexity index is 1440. The number of nitrogens with one attached hydrogen (secondary N) is 2. The molecule has 0 aliphatic carbocycles. The summed E-state index contributed by atoms with van der Waals surface area (Å²) >= 11 is 11.9. The quantitative estimate of drug-likeness (QED) is 0.161. The summed E-state index contributed by atoms with van der Waals surface area (Å²) in [5, 5.41) is 4.74. The van der Waals surface area contributed by atoms with E-state index in [-0.39, 0.29) is 13.0 Å². The minimum absolute atomic E-state index is 0.0362. The summed E-state index contributed by atoms with van der Waals surface area (Å²) in [5.41, 5.74) is 3.62. The van der Waals surface area contributed by atoms with Gasteiger partial charge in [0.05, 0.1) is 17.4 Å². The van der Waals surface area contributed by atoms with Gasteiger partial charge < -0.3 is 24.7 Å². The van der Waals surface area contributed by atoms with Crippen molar-refractivity contribution in [3.05, 3.63) is 72.1 Å². The molecule has 0 aliphatic heterocycles. The summed E-state index contributed by atoms with van der Waals surface area (Å²) in [6.45, 7) is 6.59. The van der Waals surface area contributed by atoms with E-state index in [1.165, 1.54) is 0 Å². The lowest BCUT2D eigenvalue weighted by Crippen LogP contribution is -2.45. The Kier molecular flexibility index (Phi) is 9.76. The third-order valence-electron chi connectivity index (χ3n) is 6.24. The van der Waals surface area contributed by atoms with Crippen LogP contribution in [0.15, 0.2) is 60.8 Å². The highest BCUT2D eigenvalue weighted by molar-refractivity contribution is 6.18. The van der Waals surface area contributed by atoms with Gasteiger partial charge in [0.2, 0.25) is 0 Å². The van der Waals surface area contributed by atoms with E-state index < -0.39 is 23.7 Å². The number of fused-ring (bicyclic) bond motifs is 3. The molecule has 0 saturated heterocycles. The molecule has 8 nitrogen and oxygen atoms in total. The van der Waals surface area contributed by atoms with E-state index in [1.54, 1.807) is 27.0 Å². The molecule has 0 unspecified atom stereocenters. The fraction of sp³-hybridized carbons (Fsp3) is 0.367. The van der Waals surface area contributed by atoms with Gasteiger partial charge in [0, 0.05) is 53.2 Å². The summed E-state index contributed by atoms with van der Waals surface area (Å²) in [6, 6.07) is 16.6. The van der Waals surface area contributed by atoms with Crippen molar-refractivity contribution in [1.82, 2.24) is 15.3 Å².